The van der Waals surface area contributed by atoms with Crippen LogP contribution in [0.3, 0.4) is 0 Å². The van der Waals surface area contributed by atoms with Crippen LogP contribution in [0.5, 0.6) is 0 Å². The monoisotopic (exact) mass is 373 g/mol. The van der Waals surface area contributed by atoms with Gasteiger partial charge in [-0.15, -0.1) is 0 Å². The highest BCUT2D eigenvalue weighted by molar-refractivity contribution is 6.50. The van der Waals surface area contributed by atoms with Crippen LogP contribution in [0.4, 0.5) is 23.0 Å². The van der Waals surface area contributed by atoms with Gasteiger partial charge in [-0.05, 0) is 58.7 Å². The van der Waals surface area contributed by atoms with Crippen molar-refractivity contribution in [1.82, 2.24) is 0 Å². The van der Waals surface area contributed by atoms with Crippen molar-refractivity contribution in [3.8, 4) is 0 Å². The minimum Gasteiger partial charge on any atom is -0.418 e. The first-order valence-corrected chi connectivity index (χ1v) is 8.93. The van der Waals surface area contributed by atoms with Gasteiger partial charge in [0.05, 0.1) is 16.9 Å². The fourth-order valence-corrected chi connectivity index (χ4v) is 2.69. The van der Waals surface area contributed by atoms with Crippen molar-refractivity contribution in [2.24, 2.45) is 0 Å². The molecule has 2 nitrogen and oxygen atoms in total. The molecule has 0 aliphatic rings. The SMILES string of the molecule is CCc1cc(C(C)(C)C)[o+]c2cc(N(CC)CC)ccc12.F[B-](F)(F)F. The number of aryl methyl sites for hydroxylation is 1. The van der Waals surface area contributed by atoms with Gasteiger partial charge in [-0.25, -0.2) is 4.42 Å². The highest BCUT2D eigenvalue weighted by atomic mass is 19.5. The Morgan fingerprint density at radius 2 is 1.50 bits per heavy atom. The van der Waals surface area contributed by atoms with Crippen LogP contribution >= 0.6 is 0 Å². The quantitative estimate of drug-likeness (QED) is 0.336. The number of anilines is 1. The Labute approximate surface area is 153 Å². The Morgan fingerprint density at radius 3 is 1.92 bits per heavy atom. The molecule has 0 unspecified atom stereocenters. The van der Waals surface area contributed by atoms with Crippen LogP contribution in [-0.4, -0.2) is 20.3 Å². The fraction of sp³-hybridized carbons (Fsp3) is 0.526. The number of nitrogens with zero attached hydrogens (tertiary/aromatic N) is 1. The molecule has 0 N–H and O–H groups in total. The van der Waals surface area contributed by atoms with E-state index >= 15 is 0 Å². The minimum absolute atomic E-state index is 0.0311. The Morgan fingerprint density at radius 1 is 0.962 bits per heavy atom. The first kappa shape index (κ1) is 22.3. The van der Waals surface area contributed by atoms with Crippen molar-refractivity contribution in [2.45, 2.75) is 53.4 Å². The molecule has 7 heteroatoms. The van der Waals surface area contributed by atoms with Crippen LogP contribution in [0.25, 0.3) is 11.0 Å². The van der Waals surface area contributed by atoms with E-state index in [-0.39, 0.29) is 5.41 Å². The summed E-state index contributed by atoms with van der Waals surface area (Å²) in [6.45, 7) is 15.2. The minimum atomic E-state index is -6.00. The maximum absolute atomic E-state index is 9.75. The van der Waals surface area contributed by atoms with Crippen molar-refractivity contribution < 1.29 is 21.7 Å². The van der Waals surface area contributed by atoms with E-state index in [4.69, 9.17) is 4.42 Å². The predicted octanol–water partition coefficient (Wildman–Crippen LogP) is 6.72. The molecule has 2 rings (SSSR count). The van der Waals surface area contributed by atoms with E-state index in [0.717, 1.165) is 30.9 Å². The fourth-order valence-electron chi connectivity index (χ4n) is 2.69. The van der Waals surface area contributed by atoms with E-state index in [1.807, 2.05) is 0 Å². The van der Waals surface area contributed by atoms with Crippen LogP contribution < -0.4 is 4.90 Å². The topological polar surface area (TPSA) is 14.5 Å². The molecule has 0 saturated carbocycles. The molecule has 26 heavy (non-hydrogen) atoms. The van der Waals surface area contributed by atoms with E-state index in [9.17, 15) is 17.3 Å². The second-order valence-electron chi connectivity index (χ2n) is 7.09. The average molecular weight is 373 g/mol. The number of halogens is 4. The maximum Gasteiger partial charge on any atom is 0.673 e. The summed E-state index contributed by atoms with van der Waals surface area (Å²) in [7, 11) is -6.00. The van der Waals surface area contributed by atoms with Crippen molar-refractivity contribution in [1.29, 1.82) is 0 Å². The molecule has 2 aromatic rings. The summed E-state index contributed by atoms with van der Waals surface area (Å²) in [5.74, 6) is 1.06. The Kier molecular flexibility index (Phi) is 7.48. The van der Waals surface area contributed by atoms with Crippen molar-refractivity contribution in [3.63, 3.8) is 0 Å². The van der Waals surface area contributed by atoms with Gasteiger partial charge in [0, 0.05) is 24.8 Å². The third kappa shape index (κ3) is 6.50. The summed E-state index contributed by atoms with van der Waals surface area (Å²) >= 11 is 0. The molecular weight excluding hydrogens is 345 g/mol. The average Bonchev–Trinajstić information content (AvgIpc) is 2.52. The zero-order valence-electron chi connectivity index (χ0n) is 16.4. The third-order valence-corrected chi connectivity index (χ3v) is 4.09. The molecule has 0 bridgehead atoms. The lowest BCUT2D eigenvalue weighted by Gasteiger charge is -2.20. The van der Waals surface area contributed by atoms with Crippen LogP contribution in [0.15, 0.2) is 28.7 Å². The highest BCUT2D eigenvalue weighted by Crippen LogP contribution is 2.31. The second-order valence-corrected chi connectivity index (χ2v) is 7.09. The Hall–Kier alpha value is -1.79. The van der Waals surface area contributed by atoms with E-state index in [1.54, 1.807) is 0 Å². The third-order valence-electron chi connectivity index (χ3n) is 4.09. The van der Waals surface area contributed by atoms with Crippen LogP contribution in [0.1, 0.15) is 52.9 Å². The van der Waals surface area contributed by atoms with Gasteiger partial charge in [0.1, 0.15) is 0 Å². The number of rotatable bonds is 4. The summed E-state index contributed by atoms with van der Waals surface area (Å²) in [6, 6.07) is 8.83. The van der Waals surface area contributed by atoms with Crippen LogP contribution in [0, 0.1) is 0 Å². The van der Waals surface area contributed by atoms with Crippen LogP contribution in [0.2, 0.25) is 0 Å². The van der Waals surface area contributed by atoms with Gasteiger partial charge in [-0.3, -0.25) is 0 Å². The molecule has 0 aliphatic carbocycles. The van der Waals surface area contributed by atoms with Crippen LogP contribution in [-0.2, 0) is 11.8 Å². The first-order valence-electron chi connectivity index (χ1n) is 8.93. The lowest BCUT2D eigenvalue weighted by Crippen LogP contribution is -2.21. The number of hydrogen-bond donors (Lipinski definition) is 0. The summed E-state index contributed by atoms with van der Waals surface area (Å²) in [4.78, 5) is 2.35. The lowest BCUT2D eigenvalue weighted by molar-refractivity contribution is 0.368. The molecule has 0 radical (unpaired) electrons. The van der Waals surface area contributed by atoms with Crippen molar-refractivity contribution in [2.75, 3.05) is 18.0 Å². The Bertz CT molecular complexity index is 716. The molecule has 0 spiro atoms. The number of hydrogen-bond acceptors (Lipinski definition) is 1. The predicted molar refractivity (Wildman–Crippen MR) is 102 cm³/mol. The zero-order chi connectivity index (χ0) is 20.1. The van der Waals surface area contributed by atoms with Gasteiger partial charge >= 0.3 is 18.6 Å². The summed E-state index contributed by atoms with van der Waals surface area (Å²) in [5, 5.41) is 1.24. The summed E-state index contributed by atoms with van der Waals surface area (Å²) in [5.41, 5.74) is 3.64. The normalized spacial score (nSPS) is 11.9. The molecule has 1 aromatic carbocycles. The van der Waals surface area contributed by atoms with Gasteiger partial charge in [0.2, 0.25) is 0 Å². The lowest BCUT2D eigenvalue weighted by atomic mass is 9.91. The first-order chi connectivity index (χ1) is 11.9. The number of benzene rings is 1. The van der Waals surface area contributed by atoms with E-state index < -0.39 is 7.25 Å². The van der Waals surface area contributed by atoms with E-state index in [2.05, 4.69) is 70.7 Å². The zero-order valence-corrected chi connectivity index (χ0v) is 16.4. The molecule has 0 fully saturated rings. The van der Waals surface area contributed by atoms with Gasteiger partial charge in [-0.1, -0.05) is 6.92 Å². The van der Waals surface area contributed by atoms with Gasteiger partial charge < -0.3 is 22.2 Å². The standard InChI is InChI=1S/C19H28NO.BF4/c1-7-14-12-18(19(4,5)6)21-17-13-15(10-11-16(14)17)20(8-2)9-3;2-1(3,4)5/h10-13H,7-9H2,1-6H3;/q+1;-1. The van der Waals surface area contributed by atoms with Gasteiger partial charge in [0.25, 0.3) is 0 Å². The van der Waals surface area contributed by atoms with E-state index in [1.165, 1.54) is 16.6 Å². The molecular formula is C19H28BF4NO. The Balaban J connectivity index is 0.000000597. The molecule has 0 atom stereocenters. The number of fused-ring (bicyclic) bond motifs is 1. The smallest absolute Gasteiger partial charge is 0.418 e. The van der Waals surface area contributed by atoms with Crippen molar-refractivity contribution >= 4 is 23.9 Å². The summed E-state index contributed by atoms with van der Waals surface area (Å²) < 4.78 is 45.2. The largest absolute Gasteiger partial charge is 0.673 e. The summed E-state index contributed by atoms with van der Waals surface area (Å²) in [6.07, 6.45) is 1.03. The van der Waals surface area contributed by atoms with Gasteiger partial charge in [0.15, 0.2) is 0 Å². The molecule has 0 amide bonds. The molecule has 1 aromatic heterocycles. The molecule has 1 heterocycles. The maximum atomic E-state index is 9.75. The second kappa shape index (κ2) is 8.74. The highest BCUT2D eigenvalue weighted by Gasteiger charge is 2.29. The molecule has 0 saturated heterocycles. The van der Waals surface area contributed by atoms with Gasteiger partial charge in [-0.2, -0.15) is 0 Å². The van der Waals surface area contributed by atoms with E-state index in [0.29, 0.717) is 0 Å². The molecule has 0 aliphatic heterocycles. The van der Waals surface area contributed by atoms with Crippen molar-refractivity contribution in [3.05, 3.63) is 35.6 Å². The molecule has 146 valence electrons.